The molecule has 3 nitrogen and oxygen atoms in total. The van der Waals surface area contributed by atoms with E-state index in [1.807, 2.05) is 12.4 Å². The Bertz CT molecular complexity index is 492. The third kappa shape index (κ3) is 1.69. The van der Waals surface area contributed by atoms with Gasteiger partial charge in [0.25, 0.3) is 0 Å². The van der Waals surface area contributed by atoms with Crippen LogP contribution in [0.5, 0.6) is 0 Å². The van der Waals surface area contributed by atoms with Gasteiger partial charge in [0.1, 0.15) is 0 Å². The second-order valence-corrected chi connectivity index (χ2v) is 5.26. The van der Waals surface area contributed by atoms with E-state index in [2.05, 4.69) is 22.1 Å². The van der Waals surface area contributed by atoms with Crippen molar-refractivity contribution in [2.24, 2.45) is 0 Å². The van der Waals surface area contributed by atoms with Gasteiger partial charge >= 0.3 is 0 Å². The first-order chi connectivity index (χ1) is 7.83. The zero-order valence-electron chi connectivity index (χ0n) is 8.89. The summed E-state index contributed by atoms with van der Waals surface area (Å²) in [4.78, 5) is 9.79. The second kappa shape index (κ2) is 3.87. The predicted octanol–water partition coefficient (Wildman–Crippen LogP) is 2.39. The molecule has 0 saturated carbocycles. The Kier molecular flexibility index (Phi) is 2.36. The Morgan fingerprint density at radius 3 is 2.94 bits per heavy atom. The number of nitrogens with two attached hydrogens (primary N) is 1. The summed E-state index contributed by atoms with van der Waals surface area (Å²) in [5.74, 6) is 0.607. The largest absolute Gasteiger partial charge is 0.375 e. The topological polar surface area (TPSA) is 51.8 Å². The molecule has 0 aromatic carbocycles. The highest BCUT2D eigenvalue weighted by Crippen LogP contribution is 2.35. The van der Waals surface area contributed by atoms with Crippen LogP contribution in [0.3, 0.4) is 0 Å². The van der Waals surface area contributed by atoms with E-state index in [0.29, 0.717) is 11.0 Å². The molecule has 0 spiro atoms. The SMILES string of the molecule is Nc1nc2c(s1)CC(c1ccncc1)CC2. The Hall–Kier alpha value is -1.42. The molecule has 2 N–H and O–H groups in total. The van der Waals surface area contributed by atoms with Gasteiger partial charge in [0.05, 0.1) is 5.69 Å². The monoisotopic (exact) mass is 231 g/mol. The second-order valence-electron chi connectivity index (χ2n) is 4.14. The minimum atomic E-state index is 0.607. The highest BCUT2D eigenvalue weighted by Gasteiger charge is 2.22. The van der Waals surface area contributed by atoms with Gasteiger partial charge in [0.2, 0.25) is 0 Å². The molecule has 1 atom stereocenters. The van der Waals surface area contributed by atoms with Gasteiger partial charge in [-0.2, -0.15) is 0 Å². The van der Waals surface area contributed by atoms with E-state index in [1.165, 1.54) is 22.6 Å². The Morgan fingerprint density at radius 2 is 2.12 bits per heavy atom. The van der Waals surface area contributed by atoms with Crippen molar-refractivity contribution in [2.45, 2.75) is 25.2 Å². The van der Waals surface area contributed by atoms with Crippen LogP contribution in [0, 0.1) is 0 Å². The van der Waals surface area contributed by atoms with Crippen LogP contribution >= 0.6 is 11.3 Å². The zero-order chi connectivity index (χ0) is 11.0. The number of anilines is 1. The van der Waals surface area contributed by atoms with Crippen LogP contribution in [0.1, 0.15) is 28.5 Å². The predicted molar refractivity (Wildman–Crippen MR) is 65.5 cm³/mol. The number of thiazole rings is 1. The lowest BCUT2D eigenvalue weighted by Crippen LogP contribution is -2.11. The molecule has 4 heteroatoms. The van der Waals surface area contributed by atoms with Gasteiger partial charge in [-0.05, 0) is 42.9 Å². The van der Waals surface area contributed by atoms with Crippen LogP contribution < -0.4 is 5.73 Å². The molecule has 0 bridgehead atoms. The molecule has 1 aliphatic carbocycles. The van der Waals surface area contributed by atoms with Crippen LogP contribution in [0.2, 0.25) is 0 Å². The Labute approximate surface area is 98.4 Å². The minimum absolute atomic E-state index is 0.607. The normalized spacial score (nSPS) is 19.4. The van der Waals surface area contributed by atoms with Crippen molar-refractivity contribution in [3.8, 4) is 0 Å². The van der Waals surface area contributed by atoms with Crippen molar-refractivity contribution in [3.63, 3.8) is 0 Å². The molecule has 0 radical (unpaired) electrons. The van der Waals surface area contributed by atoms with Crippen LogP contribution in [0.15, 0.2) is 24.5 Å². The molecule has 1 aliphatic rings. The summed E-state index contributed by atoms with van der Waals surface area (Å²) < 4.78 is 0. The number of hydrogen-bond donors (Lipinski definition) is 1. The van der Waals surface area contributed by atoms with E-state index in [9.17, 15) is 0 Å². The van der Waals surface area contributed by atoms with Crippen molar-refractivity contribution in [3.05, 3.63) is 40.7 Å². The molecule has 82 valence electrons. The summed E-state index contributed by atoms with van der Waals surface area (Å²) >= 11 is 1.64. The average Bonchev–Trinajstić information content (AvgIpc) is 2.69. The molecule has 0 fully saturated rings. The first kappa shape index (κ1) is 9.78. The maximum absolute atomic E-state index is 5.74. The number of nitrogen functional groups attached to an aromatic ring is 1. The molecular weight excluding hydrogens is 218 g/mol. The maximum atomic E-state index is 5.74. The molecule has 3 rings (SSSR count). The minimum Gasteiger partial charge on any atom is -0.375 e. The molecule has 0 aliphatic heterocycles. The quantitative estimate of drug-likeness (QED) is 0.820. The first-order valence-electron chi connectivity index (χ1n) is 5.47. The lowest BCUT2D eigenvalue weighted by atomic mass is 9.86. The number of nitrogens with zero attached hydrogens (tertiary/aromatic N) is 2. The van der Waals surface area contributed by atoms with E-state index in [-0.39, 0.29) is 0 Å². The van der Waals surface area contributed by atoms with E-state index < -0.39 is 0 Å². The van der Waals surface area contributed by atoms with Crippen molar-refractivity contribution in [1.29, 1.82) is 0 Å². The number of aromatic nitrogens is 2. The van der Waals surface area contributed by atoms with Crippen molar-refractivity contribution < 1.29 is 0 Å². The molecule has 1 unspecified atom stereocenters. The number of pyridine rings is 1. The van der Waals surface area contributed by atoms with Gasteiger partial charge < -0.3 is 5.73 Å². The Balaban J connectivity index is 1.88. The van der Waals surface area contributed by atoms with Crippen molar-refractivity contribution in [1.82, 2.24) is 9.97 Å². The lowest BCUT2D eigenvalue weighted by Gasteiger charge is -2.21. The number of fused-ring (bicyclic) bond motifs is 1. The van der Waals surface area contributed by atoms with Gasteiger partial charge in [0.15, 0.2) is 5.13 Å². The van der Waals surface area contributed by atoms with Gasteiger partial charge in [0, 0.05) is 17.3 Å². The summed E-state index contributed by atoms with van der Waals surface area (Å²) in [6.07, 6.45) is 7.03. The van der Waals surface area contributed by atoms with E-state index in [1.54, 1.807) is 11.3 Å². The molecule has 2 aromatic heterocycles. The van der Waals surface area contributed by atoms with Crippen LogP contribution in [0.25, 0.3) is 0 Å². The smallest absolute Gasteiger partial charge is 0.180 e. The third-order valence-corrected chi connectivity index (χ3v) is 4.08. The molecule has 0 amide bonds. The summed E-state index contributed by atoms with van der Waals surface area (Å²) in [6, 6.07) is 4.22. The fourth-order valence-corrected chi connectivity index (χ4v) is 3.27. The van der Waals surface area contributed by atoms with E-state index >= 15 is 0 Å². The zero-order valence-corrected chi connectivity index (χ0v) is 9.70. The van der Waals surface area contributed by atoms with Gasteiger partial charge in [-0.3, -0.25) is 4.98 Å². The van der Waals surface area contributed by atoms with Gasteiger partial charge in [-0.15, -0.1) is 11.3 Å². The molecule has 2 aromatic rings. The third-order valence-electron chi connectivity index (χ3n) is 3.13. The summed E-state index contributed by atoms with van der Waals surface area (Å²) in [7, 11) is 0. The summed E-state index contributed by atoms with van der Waals surface area (Å²) in [5.41, 5.74) is 8.34. The Morgan fingerprint density at radius 1 is 1.31 bits per heavy atom. The number of hydrogen-bond acceptors (Lipinski definition) is 4. The van der Waals surface area contributed by atoms with Crippen LogP contribution in [-0.4, -0.2) is 9.97 Å². The van der Waals surface area contributed by atoms with Crippen molar-refractivity contribution >= 4 is 16.5 Å². The maximum Gasteiger partial charge on any atom is 0.180 e. The first-order valence-corrected chi connectivity index (χ1v) is 6.28. The highest BCUT2D eigenvalue weighted by molar-refractivity contribution is 7.15. The molecule has 2 heterocycles. The van der Waals surface area contributed by atoms with Crippen molar-refractivity contribution in [2.75, 3.05) is 5.73 Å². The van der Waals surface area contributed by atoms with E-state index in [0.717, 1.165) is 12.8 Å². The lowest BCUT2D eigenvalue weighted by molar-refractivity contribution is 0.584. The molecule has 0 saturated heterocycles. The van der Waals surface area contributed by atoms with Gasteiger partial charge in [-0.1, -0.05) is 0 Å². The van der Waals surface area contributed by atoms with E-state index in [4.69, 9.17) is 5.73 Å². The molecule has 16 heavy (non-hydrogen) atoms. The fraction of sp³-hybridized carbons (Fsp3) is 0.333. The summed E-state index contributed by atoms with van der Waals surface area (Å²) in [5, 5.41) is 0.709. The van der Waals surface area contributed by atoms with Crippen LogP contribution in [0.4, 0.5) is 5.13 Å². The average molecular weight is 231 g/mol. The van der Waals surface area contributed by atoms with Crippen LogP contribution in [-0.2, 0) is 12.8 Å². The summed E-state index contributed by atoms with van der Waals surface area (Å²) in [6.45, 7) is 0. The molecular formula is C12H13N3S. The van der Waals surface area contributed by atoms with Gasteiger partial charge in [-0.25, -0.2) is 4.98 Å². The number of aryl methyl sites for hydroxylation is 1. The highest BCUT2D eigenvalue weighted by atomic mass is 32.1. The number of rotatable bonds is 1. The standard InChI is InChI=1S/C12H13N3S/c13-12-15-10-2-1-9(7-11(10)16-12)8-3-5-14-6-4-8/h3-6,9H,1-2,7H2,(H2,13,15). The fourth-order valence-electron chi connectivity index (χ4n) is 2.32.